The summed E-state index contributed by atoms with van der Waals surface area (Å²) in [6, 6.07) is 6.39. The van der Waals surface area contributed by atoms with Crippen molar-refractivity contribution in [3.8, 4) is 0 Å². The van der Waals surface area contributed by atoms with Gasteiger partial charge in [-0.25, -0.2) is 13.2 Å². The van der Waals surface area contributed by atoms with Gasteiger partial charge in [-0.2, -0.15) is 13.2 Å². The van der Waals surface area contributed by atoms with Gasteiger partial charge in [0, 0.05) is 44.0 Å². The van der Waals surface area contributed by atoms with Crippen LogP contribution in [0.2, 0.25) is 0 Å². The molecule has 7 nitrogen and oxygen atoms in total. The van der Waals surface area contributed by atoms with Crippen molar-refractivity contribution in [1.29, 1.82) is 0 Å². The number of aryl methyl sites for hydroxylation is 1. The number of alkyl halides is 3. The van der Waals surface area contributed by atoms with Crippen LogP contribution in [0.15, 0.2) is 18.2 Å². The Hall–Kier alpha value is -2.01. The molecule has 3 saturated heterocycles. The predicted molar refractivity (Wildman–Crippen MR) is 127 cm³/mol. The van der Waals surface area contributed by atoms with Crippen molar-refractivity contribution in [2.24, 2.45) is 0 Å². The predicted octanol–water partition coefficient (Wildman–Crippen LogP) is 3.75. The molecule has 1 aromatic carbocycles. The van der Waals surface area contributed by atoms with Crippen LogP contribution in [-0.4, -0.2) is 86.4 Å². The summed E-state index contributed by atoms with van der Waals surface area (Å²) in [5.74, 6) is 0.346. The number of carbonyl (C=O) groups is 1. The summed E-state index contributed by atoms with van der Waals surface area (Å²) in [6.07, 6.45) is -4.15. The first-order valence-corrected chi connectivity index (χ1v) is 14.0. The van der Waals surface area contributed by atoms with Gasteiger partial charge in [-0.15, -0.1) is 0 Å². The van der Waals surface area contributed by atoms with E-state index in [9.17, 15) is 26.4 Å². The summed E-state index contributed by atoms with van der Waals surface area (Å²) in [6.45, 7) is 6.32. The summed E-state index contributed by atoms with van der Waals surface area (Å²) in [4.78, 5) is 18.2. The second-order valence-corrected chi connectivity index (χ2v) is 12.4. The molecule has 1 spiro atoms. The van der Waals surface area contributed by atoms with Gasteiger partial charge in [0.05, 0.1) is 11.5 Å². The minimum atomic E-state index is -4.57. The van der Waals surface area contributed by atoms with Crippen molar-refractivity contribution in [3.63, 3.8) is 0 Å². The molecule has 0 saturated carbocycles. The molecule has 0 aliphatic carbocycles. The van der Waals surface area contributed by atoms with Crippen LogP contribution in [0.25, 0.3) is 0 Å². The van der Waals surface area contributed by atoms with E-state index in [2.05, 4.69) is 32.7 Å². The third-order valence-corrected chi connectivity index (χ3v) is 9.25. The quantitative estimate of drug-likeness (QED) is 0.606. The van der Waals surface area contributed by atoms with Gasteiger partial charge in [0.2, 0.25) is 0 Å². The van der Waals surface area contributed by atoms with Crippen LogP contribution >= 0.6 is 0 Å². The summed E-state index contributed by atoms with van der Waals surface area (Å²) in [7, 11) is -2.95. The lowest BCUT2D eigenvalue weighted by atomic mass is 9.85. The number of sulfone groups is 1. The van der Waals surface area contributed by atoms with Crippen molar-refractivity contribution in [1.82, 2.24) is 9.80 Å². The average molecular weight is 518 g/mol. The SMILES string of the molecule is Cc1cc(CN2CCCC23CCN(C(=O)OC(C)C(F)(F)F)CC3)cc(N2CCS(=O)(=O)CC2)c1. The molecule has 0 radical (unpaired) electrons. The highest BCUT2D eigenvalue weighted by atomic mass is 32.2. The number of anilines is 1. The molecule has 0 aromatic heterocycles. The Morgan fingerprint density at radius 3 is 2.34 bits per heavy atom. The molecule has 3 heterocycles. The van der Waals surface area contributed by atoms with E-state index >= 15 is 0 Å². The maximum atomic E-state index is 12.8. The Balaban J connectivity index is 1.39. The standard InChI is InChI=1S/C24H34F3N3O4S/c1-18-14-20(16-21(15-18)28-10-12-35(32,33)13-11-28)17-30-7-3-4-23(30)5-8-29(9-6-23)22(31)34-19(2)24(25,26)27/h14-16,19H,3-13,17H2,1-2H3. The Morgan fingerprint density at radius 1 is 1.06 bits per heavy atom. The van der Waals surface area contributed by atoms with Crippen LogP contribution in [-0.2, 0) is 21.1 Å². The molecule has 4 rings (SSSR count). The maximum absolute atomic E-state index is 12.8. The summed E-state index contributed by atoms with van der Waals surface area (Å²) in [5.41, 5.74) is 3.25. The highest BCUT2D eigenvalue weighted by Gasteiger charge is 2.45. The number of ether oxygens (including phenoxy) is 1. The molecular weight excluding hydrogens is 483 g/mol. The second-order valence-electron chi connectivity index (χ2n) is 10.1. The number of hydrogen-bond donors (Lipinski definition) is 0. The smallest absolute Gasteiger partial charge is 0.425 e. The zero-order valence-corrected chi connectivity index (χ0v) is 21.1. The fourth-order valence-electron chi connectivity index (χ4n) is 5.51. The fourth-order valence-corrected chi connectivity index (χ4v) is 6.71. The van der Waals surface area contributed by atoms with Crippen LogP contribution in [0.5, 0.6) is 0 Å². The van der Waals surface area contributed by atoms with Crippen LogP contribution in [0, 0.1) is 6.92 Å². The largest absolute Gasteiger partial charge is 0.437 e. The van der Waals surface area contributed by atoms with Gasteiger partial charge in [0.15, 0.2) is 15.9 Å². The van der Waals surface area contributed by atoms with E-state index in [4.69, 9.17) is 0 Å². The number of piperidine rings is 1. The first-order chi connectivity index (χ1) is 16.4. The Morgan fingerprint density at radius 2 is 1.71 bits per heavy atom. The van der Waals surface area contributed by atoms with E-state index in [0.29, 0.717) is 39.0 Å². The number of benzene rings is 1. The van der Waals surface area contributed by atoms with E-state index in [0.717, 1.165) is 49.7 Å². The molecule has 196 valence electrons. The molecule has 1 amide bonds. The zero-order valence-electron chi connectivity index (χ0n) is 20.3. The van der Waals surface area contributed by atoms with Crippen molar-refractivity contribution in [2.75, 3.05) is 49.1 Å². The third-order valence-electron chi connectivity index (χ3n) is 7.64. The minimum absolute atomic E-state index is 0.0739. The number of likely N-dealkylation sites (tertiary alicyclic amines) is 2. The average Bonchev–Trinajstić information content (AvgIpc) is 3.14. The Bertz CT molecular complexity index is 1020. The fraction of sp³-hybridized carbons (Fsp3) is 0.708. The molecule has 3 aliphatic heterocycles. The van der Waals surface area contributed by atoms with Gasteiger partial charge < -0.3 is 14.5 Å². The number of hydrogen-bond acceptors (Lipinski definition) is 6. The molecule has 11 heteroatoms. The molecular formula is C24H34F3N3O4S. The summed E-state index contributed by atoms with van der Waals surface area (Å²) < 4.78 is 66.5. The van der Waals surface area contributed by atoms with Crippen LogP contribution in [0.3, 0.4) is 0 Å². The molecule has 1 atom stereocenters. The van der Waals surface area contributed by atoms with Crippen molar-refractivity contribution >= 4 is 21.6 Å². The lowest BCUT2D eigenvalue weighted by Crippen LogP contribution is -2.53. The molecule has 0 bridgehead atoms. The van der Waals surface area contributed by atoms with Crippen molar-refractivity contribution < 1.29 is 31.1 Å². The van der Waals surface area contributed by atoms with Gasteiger partial charge in [0.1, 0.15) is 0 Å². The minimum Gasteiger partial charge on any atom is -0.437 e. The monoisotopic (exact) mass is 517 g/mol. The van der Waals surface area contributed by atoms with Crippen molar-refractivity contribution in [2.45, 2.75) is 63.9 Å². The zero-order chi connectivity index (χ0) is 25.4. The van der Waals surface area contributed by atoms with Gasteiger partial charge >= 0.3 is 12.3 Å². The van der Waals surface area contributed by atoms with E-state index in [1.807, 2.05) is 6.92 Å². The van der Waals surface area contributed by atoms with Gasteiger partial charge in [-0.3, -0.25) is 4.90 Å². The molecule has 1 unspecified atom stereocenters. The Kier molecular flexibility index (Phi) is 7.30. The summed E-state index contributed by atoms with van der Waals surface area (Å²) >= 11 is 0. The van der Waals surface area contributed by atoms with Crippen molar-refractivity contribution in [3.05, 3.63) is 29.3 Å². The summed E-state index contributed by atoms with van der Waals surface area (Å²) in [5, 5.41) is 0. The van der Waals surface area contributed by atoms with Crippen LogP contribution in [0.1, 0.15) is 43.7 Å². The van der Waals surface area contributed by atoms with Gasteiger partial charge in [0.25, 0.3) is 0 Å². The highest BCUT2D eigenvalue weighted by molar-refractivity contribution is 7.91. The number of amides is 1. The van der Waals surface area contributed by atoms with Crippen LogP contribution in [0.4, 0.5) is 23.7 Å². The van der Waals surface area contributed by atoms with Gasteiger partial charge in [-0.1, -0.05) is 6.07 Å². The highest BCUT2D eigenvalue weighted by Crippen LogP contribution is 2.40. The topological polar surface area (TPSA) is 70.2 Å². The maximum Gasteiger partial charge on any atom is 0.425 e. The molecule has 1 aromatic rings. The lowest BCUT2D eigenvalue weighted by molar-refractivity contribution is -0.200. The molecule has 3 fully saturated rings. The number of rotatable bonds is 4. The van der Waals surface area contributed by atoms with E-state index in [1.165, 1.54) is 4.90 Å². The number of halogens is 3. The number of nitrogens with zero attached hydrogens (tertiary/aromatic N) is 3. The first kappa shape index (κ1) is 26.1. The van der Waals surface area contributed by atoms with E-state index in [1.54, 1.807) is 0 Å². The number of carbonyl (C=O) groups excluding carboxylic acids is 1. The molecule has 0 N–H and O–H groups in total. The second kappa shape index (κ2) is 9.80. The van der Waals surface area contributed by atoms with E-state index in [-0.39, 0.29) is 17.0 Å². The Labute approximate surface area is 205 Å². The first-order valence-electron chi connectivity index (χ1n) is 12.2. The normalized spacial score (nSPS) is 23.5. The molecule has 35 heavy (non-hydrogen) atoms. The van der Waals surface area contributed by atoms with E-state index < -0.39 is 28.2 Å². The lowest BCUT2D eigenvalue weighted by Gasteiger charge is -2.45. The van der Waals surface area contributed by atoms with Gasteiger partial charge in [-0.05, 0) is 69.3 Å². The van der Waals surface area contributed by atoms with Crippen LogP contribution < -0.4 is 4.90 Å². The third kappa shape index (κ3) is 6.04. The molecule has 3 aliphatic rings.